The van der Waals surface area contributed by atoms with E-state index in [1.165, 1.54) is 0 Å². The van der Waals surface area contributed by atoms with Gasteiger partial charge < -0.3 is 15.3 Å². The van der Waals surface area contributed by atoms with Crippen LogP contribution < -0.4 is 10.2 Å². The van der Waals surface area contributed by atoms with Crippen LogP contribution in [0.4, 0.5) is 11.8 Å². The summed E-state index contributed by atoms with van der Waals surface area (Å²) in [6.45, 7) is 3.50. The third-order valence-electron chi connectivity index (χ3n) is 3.31. The Morgan fingerprint density at radius 3 is 2.94 bits per heavy atom. The van der Waals surface area contributed by atoms with E-state index in [2.05, 4.69) is 20.2 Å². The van der Waals surface area contributed by atoms with E-state index in [-0.39, 0.29) is 0 Å². The van der Waals surface area contributed by atoms with Gasteiger partial charge in [0.15, 0.2) is 5.82 Å². The van der Waals surface area contributed by atoms with Crippen molar-refractivity contribution in [2.24, 2.45) is 0 Å². The van der Waals surface area contributed by atoms with Crippen LogP contribution in [0, 0.1) is 0 Å². The maximum absolute atomic E-state index is 10.1. The van der Waals surface area contributed by atoms with Gasteiger partial charge in [0, 0.05) is 20.1 Å². The number of aromatic nitrogens is 2. The van der Waals surface area contributed by atoms with E-state index in [0.717, 1.165) is 38.2 Å². The molecule has 1 unspecified atom stereocenters. The van der Waals surface area contributed by atoms with Crippen LogP contribution in [0.25, 0.3) is 0 Å². The average Bonchev–Trinajstić information content (AvgIpc) is 2.51. The summed E-state index contributed by atoms with van der Waals surface area (Å²) in [7, 11) is 1.78. The zero-order valence-electron chi connectivity index (χ0n) is 10.8. The summed E-state index contributed by atoms with van der Waals surface area (Å²) >= 11 is 6.15. The third-order valence-corrected chi connectivity index (χ3v) is 3.58. The molecular formula is C12H19ClN4O. The minimum Gasteiger partial charge on any atom is -0.390 e. The van der Waals surface area contributed by atoms with Crippen LogP contribution in [-0.2, 0) is 0 Å². The molecule has 1 saturated heterocycles. The van der Waals surface area contributed by atoms with Crippen molar-refractivity contribution in [3.8, 4) is 0 Å². The zero-order valence-corrected chi connectivity index (χ0v) is 11.5. The number of hydrogen-bond donors (Lipinski definition) is 2. The largest absolute Gasteiger partial charge is 0.390 e. The van der Waals surface area contributed by atoms with Gasteiger partial charge in [0.05, 0.1) is 11.8 Å². The van der Waals surface area contributed by atoms with Gasteiger partial charge in [0.1, 0.15) is 5.02 Å². The van der Waals surface area contributed by atoms with Crippen molar-refractivity contribution in [2.75, 3.05) is 30.4 Å². The second-order valence-corrected chi connectivity index (χ2v) is 5.36. The number of aliphatic hydroxyl groups is 1. The molecule has 18 heavy (non-hydrogen) atoms. The Bertz CT molecular complexity index is 425. The molecule has 2 N–H and O–H groups in total. The van der Waals surface area contributed by atoms with E-state index in [1.807, 2.05) is 6.92 Å². The fraction of sp³-hybridized carbons (Fsp3) is 0.667. The fourth-order valence-corrected chi connectivity index (χ4v) is 2.39. The molecule has 1 aliphatic heterocycles. The minimum atomic E-state index is -0.583. The van der Waals surface area contributed by atoms with Gasteiger partial charge >= 0.3 is 0 Å². The van der Waals surface area contributed by atoms with Gasteiger partial charge in [-0.1, -0.05) is 11.6 Å². The van der Waals surface area contributed by atoms with Gasteiger partial charge in [-0.3, -0.25) is 0 Å². The number of halogens is 1. The van der Waals surface area contributed by atoms with Crippen molar-refractivity contribution in [2.45, 2.75) is 31.8 Å². The first-order valence-electron chi connectivity index (χ1n) is 6.19. The van der Waals surface area contributed by atoms with Gasteiger partial charge in [-0.05, 0) is 26.2 Å². The van der Waals surface area contributed by atoms with Gasteiger partial charge in [0.25, 0.3) is 0 Å². The Labute approximate surface area is 112 Å². The molecule has 1 aliphatic rings. The molecule has 2 heterocycles. The number of hydrogen-bond acceptors (Lipinski definition) is 5. The summed E-state index contributed by atoms with van der Waals surface area (Å²) in [5, 5.41) is 13.5. The first kappa shape index (κ1) is 13.4. The first-order chi connectivity index (χ1) is 8.52. The van der Waals surface area contributed by atoms with E-state index in [0.29, 0.717) is 11.0 Å². The Morgan fingerprint density at radius 1 is 1.44 bits per heavy atom. The standard InChI is InChI=1S/C12H19ClN4O/c1-12(18)4-3-6-17(7-5-12)10-9(13)8-15-11(14-2)16-10/h8,18H,3-7H2,1-2H3,(H,14,15,16). The van der Waals surface area contributed by atoms with Crippen molar-refractivity contribution in [1.82, 2.24) is 9.97 Å². The molecule has 0 bridgehead atoms. The molecule has 0 aromatic carbocycles. The van der Waals surface area contributed by atoms with Crippen LogP contribution >= 0.6 is 11.6 Å². The van der Waals surface area contributed by atoms with Crippen molar-refractivity contribution < 1.29 is 5.11 Å². The smallest absolute Gasteiger partial charge is 0.224 e. The van der Waals surface area contributed by atoms with E-state index in [4.69, 9.17) is 11.6 Å². The normalized spacial score (nSPS) is 24.8. The summed E-state index contributed by atoms with van der Waals surface area (Å²) in [6, 6.07) is 0. The SMILES string of the molecule is CNc1ncc(Cl)c(N2CCCC(C)(O)CC2)n1. The lowest BCUT2D eigenvalue weighted by Gasteiger charge is -2.24. The van der Waals surface area contributed by atoms with Crippen LogP contribution in [0.5, 0.6) is 0 Å². The molecule has 1 atom stereocenters. The van der Waals surface area contributed by atoms with E-state index in [9.17, 15) is 5.11 Å². The van der Waals surface area contributed by atoms with Crippen molar-refractivity contribution in [1.29, 1.82) is 0 Å². The highest BCUT2D eigenvalue weighted by atomic mass is 35.5. The summed E-state index contributed by atoms with van der Waals surface area (Å²) in [5.41, 5.74) is -0.583. The minimum absolute atomic E-state index is 0.551. The quantitative estimate of drug-likeness (QED) is 0.860. The highest BCUT2D eigenvalue weighted by Gasteiger charge is 2.26. The molecule has 2 rings (SSSR count). The molecule has 6 heteroatoms. The molecule has 0 spiro atoms. The average molecular weight is 271 g/mol. The molecule has 0 saturated carbocycles. The number of anilines is 2. The van der Waals surface area contributed by atoms with E-state index in [1.54, 1.807) is 13.2 Å². The molecule has 0 radical (unpaired) electrons. The van der Waals surface area contributed by atoms with Crippen LogP contribution in [-0.4, -0.2) is 40.8 Å². The predicted molar refractivity (Wildman–Crippen MR) is 73.3 cm³/mol. The van der Waals surface area contributed by atoms with Crippen molar-refractivity contribution in [3.05, 3.63) is 11.2 Å². The van der Waals surface area contributed by atoms with Crippen LogP contribution in [0.3, 0.4) is 0 Å². The second kappa shape index (κ2) is 5.28. The van der Waals surface area contributed by atoms with Gasteiger partial charge in [-0.2, -0.15) is 4.98 Å². The Balaban J connectivity index is 2.20. The molecule has 1 aromatic rings. The van der Waals surface area contributed by atoms with Gasteiger partial charge in [-0.25, -0.2) is 4.98 Å². The maximum atomic E-state index is 10.1. The Hall–Kier alpha value is -1.07. The van der Waals surface area contributed by atoms with Gasteiger partial charge in [-0.15, -0.1) is 0 Å². The molecule has 100 valence electrons. The highest BCUT2D eigenvalue weighted by Crippen LogP contribution is 2.28. The van der Waals surface area contributed by atoms with E-state index >= 15 is 0 Å². The van der Waals surface area contributed by atoms with Crippen LogP contribution in [0.2, 0.25) is 5.02 Å². The predicted octanol–water partition coefficient (Wildman–Crippen LogP) is 1.91. The summed E-state index contributed by atoms with van der Waals surface area (Å²) in [6.07, 6.45) is 4.08. The van der Waals surface area contributed by atoms with Crippen molar-refractivity contribution in [3.63, 3.8) is 0 Å². The topological polar surface area (TPSA) is 61.3 Å². The third kappa shape index (κ3) is 3.03. The van der Waals surface area contributed by atoms with Crippen LogP contribution in [0.15, 0.2) is 6.20 Å². The number of rotatable bonds is 2. The molecule has 1 fully saturated rings. The lowest BCUT2D eigenvalue weighted by molar-refractivity contribution is 0.0481. The molecular weight excluding hydrogens is 252 g/mol. The summed E-state index contributed by atoms with van der Waals surface area (Å²) in [5.74, 6) is 1.30. The second-order valence-electron chi connectivity index (χ2n) is 4.95. The monoisotopic (exact) mass is 270 g/mol. The molecule has 0 amide bonds. The lowest BCUT2D eigenvalue weighted by Crippen LogP contribution is -2.29. The first-order valence-corrected chi connectivity index (χ1v) is 6.57. The molecule has 0 aliphatic carbocycles. The molecule has 1 aromatic heterocycles. The van der Waals surface area contributed by atoms with Gasteiger partial charge in [0.2, 0.25) is 5.95 Å². The molecule has 5 nitrogen and oxygen atoms in total. The Kier molecular flexibility index (Phi) is 3.92. The van der Waals surface area contributed by atoms with Crippen molar-refractivity contribution >= 4 is 23.4 Å². The summed E-state index contributed by atoms with van der Waals surface area (Å²) in [4.78, 5) is 10.6. The summed E-state index contributed by atoms with van der Waals surface area (Å²) < 4.78 is 0. The highest BCUT2D eigenvalue weighted by molar-refractivity contribution is 6.32. The number of nitrogens with one attached hydrogen (secondary N) is 1. The zero-order chi connectivity index (χ0) is 13.2. The van der Waals surface area contributed by atoms with Crippen LogP contribution in [0.1, 0.15) is 26.2 Å². The lowest BCUT2D eigenvalue weighted by atomic mass is 9.98. The maximum Gasteiger partial charge on any atom is 0.224 e. The Morgan fingerprint density at radius 2 is 2.22 bits per heavy atom. The fourth-order valence-electron chi connectivity index (χ4n) is 2.18. The van der Waals surface area contributed by atoms with E-state index < -0.39 is 5.60 Å². The number of nitrogens with zero attached hydrogens (tertiary/aromatic N) is 3.